The van der Waals surface area contributed by atoms with E-state index in [1.165, 1.54) is 12.8 Å². The van der Waals surface area contributed by atoms with Crippen LogP contribution in [0.5, 0.6) is 0 Å². The molecule has 0 heterocycles. The van der Waals surface area contributed by atoms with E-state index in [4.69, 9.17) is 10.5 Å². The van der Waals surface area contributed by atoms with Crippen molar-refractivity contribution in [1.82, 2.24) is 5.32 Å². The van der Waals surface area contributed by atoms with Crippen molar-refractivity contribution in [2.75, 3.05) is 13.1 Å². The van der Waals surface area contributed by atoms with Crippen LogP contribution in [0.15, 0.2) is 0 Å². The zero-order chi connectivity index (χ0) is 12.9. The van der Waals surface area contributed by atoms with Gasteiger partial charge in [-0.2, -0.15) is 0 Å². The van der Waals surface area contributed by atoms with E-state index < -0.39 is 6.29 Å². The fraction of sp³-hybridized carbons (Fsp3) is 1.00. The second-order valence-electron chi connectivity index (χ2n) is 4.46. The van der Waals surface area contributed by atoms with E-state index >= 15 is 0 Å². The van der Waals surface area contributed by atoms with E-state index in [9.17, 15) is 5.11 Å². The lowest BCUT2D eigenvalue weighted by atomic mass is 10.2. The summed E-state index contributed by atoms with van der Waals surface area (Å²) in [4.78, 5) is 0. The molecular formula is C13H30N2O2. The van der Waals surface area contributed by atoms with Crippen molar-refractivity contribution in [1.29, 1.82) is 0 Å². The Bertz CT molecular complexity index is 156. The first-order valence-corrected chi connectivity index (χ1v) is 7.01. The van der Waals surface area contributed by atoms with Gasteiger partial charge in [-0.15, -0.1) is 0 Å². The third kappa shape index (κ3) is 10.7. The fourth-order valence-corrected chi connectivity index (χ4v) is 1.65. The van der Waals surface area contributed by atoms with Gasteiger partial charge in [-0.1, -0.05) is 33.1 Å². The molecule has 0 rings (SSSR count). The van der Waals surface area contributed by atoms with Gasteiger partial charge in [-0.3, -0.25) is 5.32 Å². The predicted octanol–water partition coefficient (Wildman–Crippen LogP) is 1.97. The summed E-state index contributed by atoms with van der Waals surface area (Å²) in [5.41, 5.74) is 5.38. The van der Waals surface area contributed by atoms with E-state index in [1.54, 1.807) is 0 Å². The first-order valence-electron chi connectivity index (χ1n) is 7.01. The maximum absolute atomic E-state index is 9.58. The zero-order valence-electron chi connectivity index (χ0n) is 11.5. The van der Waals surface area contributed by atoms with Gasteiger partial charge in [0, 0.05) is 6.42 Å². The molecule has 0 radical (unpaired) electrons. The number of hydrogen-bond donors (Lipinski definition) is 3. The van der Waals surface area contributed by atoms with Gasteiger partial charge in [-0.05, 0) is 32.4 Å². The minimum atomic E-state index is -0.736. The standard InChI is InChI=1S/C13H30N2O2/c1-3-5-7-11-15-12(8-6-4-2)17-13(16)9-10-14/h12-13,15-16H,3-11,14H2,1-2H3. The number of nitrogens with one attached hydrogen (secondary N) is 1. The molecule has 0 aromatic heterocycles. The molecule has 0 saturated carbocycles. The van der Waals surface area contributed by atoms with Gasteiger partial charge in [0.25, 0.3) is 0 Å². The van der Waals surface area contributed by atoms with Crippen molar-refractivity contribution in [2.45, 2.75) is 71.3 Å². The highest BCUT2D eigenvalue weighted by atomic mass is 16.6. The van der Waals surface area contributed by atoms with Gasteiger partial charge >= 0.3 is 0 Å². The Hall–Kier alpha value is -0.160. The van der Waals surface area contributed by atoms with Crippen molar-refractivity contribution < 1.29 is 9.84 Å². The highest BCUT2D eigenvalue weighted by Gasteiger charge is 2.12. The van der Waals surface area contributed by atoms with Crippen LogP contribution < -0.4 is 11.1 Å². The lowest BCUT2D eigenvalue weighted by Crippen LogP contribution is -2.36. The van der Waals surface area contributed by atoms with Gasteiger partial charge in [0.05, 0.1) is 0 Å². The zero-order valence-corrected chi connectivity index (χ0v) is 11.5. The van der Waals surface area contributed by atoms with Crippen LogP contribution in [0.4, 0.5) is 0 Å². The average Bonchev–Trinajstić information content (AvgIpc) is 2.31. The Morgan fingerprint density at radius 2 is 1.82 bits per heavy atom. The molecule has 4 nitrogen and oxygen atoms in total. The Morgan fingerprint density at radius 1 is 1.12 bits per heavy atom. The number of hydrogen-bond acceptors (Lipinski definition) is 4. The molecule has 2 unspecified atom stereocenters. The van der Waals surface area contributed by atoms with Gasteiger partial charge in [-0.25, -0.2) is 0 Å². The highest BCUT2D eigenvalue weighted by Crippen LogP contribution is 2.06. The van der Waals surface area contributed by atoms with Crippen LogP contribution in [-0.4, -0.2) is 30.7 Å². The molecule has 0 fully saturated rings. The van der Waals surface area contributed by atoms with Crippen molar-refractivity contribution in [3.05, 3.63) is 0 Å². The average molecular weight is 246 g/mol. The van der Waals surface area contributed by atoms with Crippen molar-refractivity contribution in [3.8, 4) is 0 Å². The van der Waals surface area contributed by atoms with E-state index in [-0.39, 0.29) is 6.23 Å². The topological polar surface area (TPSA) is 67.5 Å². The van der Waals surface area contributed by atoms with Crippen LogP contribution in [0.3, 0.4) is 0 Å². The Labute approximate surface area is 106 Å². The largest absolute Gasteiger partial charge is 0.368 e. The van der Waals surface area contributed by atoms with Crippen LogP contribution in [0.1, 0.15) is 58.8 Å². The minimum Gasteiger partial charge on any atom is -0.368 e. The van der Waals surface area contributed by atoms with E-state index in [2.05, 4.69) is 19.2 Å². The smallest absolute Gasteiger partial charge is 0.157 e. The second kappa shape index (κ2) is 12.3. The molecule has 0 aromatic rings. The third-order valence-electron chi connectivity index (χ3n) is 2.71. The molecule has 0 aliphatic heterocycles. The summed E-state index contributed by atoms with van der Waals surface area (Å²) >= 11 is 0. The molecular weight excluding hydrogens is 216 g/mol. The summed E-state index contributed by atoms with van der Waals surface area (Å²) in [6, 6.07) is 0. The Kier molecular flexibility index (Phi) is 12.2. The summed E-state index contributed by atoms with van der Waals surface area (Å²) in [5, 5.41) is 12.9. The van der Waals surface area contributed by atoms with Gasteiger partial charge in [0.1, 0.15) is 6.23 Å². The van der Waals surface area contributed by atoms with Crippen LogP contribution in [-0.2, 0) is 4.74 Å². The van der Waals surface area contributed by atoms with Crippen LogP contribution in [0.2, 0.25) is 0 Å². The van der Waals surface area contributed by atoms with Crippen molar-refractivity contribution >= 4 is 0 Å². The second-order valence-corrected chi connectivity index (χ2v) is 4.46. The molecule has 0 aliphatic rings. The third-order valence-corrected chi connectivity index (χ3v) is 2.71. The number of aliphatic hydroxyl groups is 1. The predicted molar refractivity (Wildman–Crippen MR) is 71.6 cm³/mol. The molecule has 17 heavy (non-hydrogen) atoms. The number of ether oxygens (including phenoxy) is 1. The maximum atomic E-state index is 9.58. The van der Waals surface area contributed by atoms with E-state index in [1.807, 2.05) is 0 Å². The van der Waals surface area contributed by atoms with Crippen LogP contribution in [0, 0.1) is 0 Å². The summed E-state index contributed by atoms with van der Waals surface area (Å²) in [6.07, 6.45) is 6.55. The first-order chi connectivity index (χ1) is 8.24. The quantitative estimate of drug-likeness (QED) is 0.364. The van der Waals surface area contributed by atoms with Gasteiger partial charge < -0.3 is 15.6 Å². The molecule has 4 N–H and O–H groups in total. The summed E-state index contributed by atoms with van der Waals surface area (Å²) in [6.45, 7) is 5.76. The van der Waals surface area contributed by atoms with Crippen LogP contribution in [0.25, 0.3) is 0 Å². The summed E-state index contributed by atoms with van der Waals surface area (Å²) in [7, 11) is 0. The first kappa shape index (κ1) is 16.8. The van der Waals surface area contributed by atoms with E-state index in [0.29, 0.717) is 13.0 Å². The Morgan fingerprint density at radius 3 is 2.41 bits per heavy atom. The molecule has 0 bridgehead atoms. The number of aliphatic hydroxyl groups excluding tert-OH is 1. The summed E-state index contributed by atoms with van der Waals surface area (Å²) < 4.78 is 5.54. The Balaban J connectivity index is 3.78. The van der Waals surface area contributed by atoms with Gasteiger partial charge in [0.15, 0.2) is 6.29 Å². The number of unbranched alkanes of at least 4 members (excludes halogenated alkanes) is 3. The molecule has 0 saturated heterocycles. The van der Waals surface area contributed by atoms with Gasteiger partial charge in [0.2, 0.25) is 0 Å². The highest BCUT2D eigenvalue weighted by molar-refractivity contribution is 4.58. The SMILES string of the molecule is CCCCCNC(CCCC)OC(O)CCN. The molecule has 0 aliphatic carbocycles. The van der Waals surface area contributed by atoms with E-state index in [0.717, 1.165) is 32.2 Å². The van der Waals surface area contributed by atoms with Crippen molar-refractivity contribution in [3.63, 3.8) is 0 Å². The molecule has 0 aromatic carbocycles. The molecule has 0 amide bonds. The lowest BCUT2D eigenvalue weighted by molar-refractivity contribution is -0.148. The van der Waals surface area contributed by atoms with Crippen molar-refractivity contribution in [2.24, 2.45) is 5.73 Å². The normalized spacial score (nSPS) is 14.8. The minimum absolute atomic E-state index is 0.0339. The summed E-state index contributed by atoms with van der Waals surface area (Å²) in [5.74, 6) is 0. The molecule has 0 spiro atoms. The fourth-order valence-electron chi connectivity index (χ4n) is 1.65. The number of rotatable bonds is 12. The molecule has 2 atom stereocenters. The number of nitrogens with two attached hydrogens (primary N) is 1. The monoisotopic (exact) mass is 246 g/mol. The van der Waals surface area contributed by atoms with Crippen LogP contribution >= 0.6 is 0 Å². The maximum Gasteiger partial charge on any atom is 0.157 e. The molecule has 104 valence electrons. The molecule has 4 heteroatoms. The lowest BCUT2D eigenvalue weighted by Gasteiger charge is -2.22.